The molecule has 1 atom stereocenters. The maximum atomic E-state index is 13.0. The highest BCUT2D eigenvalue weighted by molar-refractivity contribution is 7.91. The molecule has 1 unspecified atom stereocenters. The molecular formula is C23H16O7S. The van der Waals surface area contributed by atoms with Gasteiger partial charge in [-0.3, -0.25) is 4.79 Å². The highest BCUT2D eigenvalue weighted by atomic mass is 32.2. The summed E-state index contributed by atoms with van der Waals surface area (Å²) in [6, 6.07) is 17.8. The molecule has 0 radical (unpaired) electrons. The lowest BCUT2D eigenvalue weighted by molar-refractivity contribution is -0.151. The van der Waals surface area contributed by atoms with Gasteiger partial charge in [0.05, 0.1) is 22.5 Å². The predicted molar refractivity (Wildman–Crippen MR) is 108 cm³/mol. The zero-order valence-corrected chi connectivity index (χ0v) is 17.1. The van der Waals surface area contributed by atoms with E-state index in [1.807, 2.05) is 0 Å². The normalized spacial score (nSPS) is 14.7. The highest BCUT2D eigenvalue weighted by Gasteiger charge is 2.35. The summed E-state index contributed by atoms with van der Waals surface area (Å²) >= 11 is 0. The number of esters is 2. The summed E-state index contributed by atoms with van der Waals surface area (Å²) in [6.07, 6.45) is -1.33. The molecule has 156 valence electrons. The number of methoxy groups -OCH3 is 1. The predicted octanol–water partition coefficient (Wildman–Crippen LogP) is 3.13. The summed E-state index contributed by atoms with van der Waals surface area (Å²) in [5.74, 6) is -2.16. The molecule has 0 fully saturated rings. The summed E-state index contributed by atoms with van der Waals surface area (Å²) in [5, 5.41) is 0. The summed E-state index contributed by atoms with van der Waals surface area (Å²) in [5.41, 5.74) is 0.347. The maximum Gasteiger partial charge on any atom is 0.351 e. The number of ketones is 1. The topological polar surface area (TPSA) is 104 Å². The second kappa shape index (κ2) is 7.81. The van der Waals surface area contributed by atoms with Crippen molar-refractivity contribution >= 4 is 27.6 Å². The maximum absolute atomic E-state index is 13.0. The lowest BCUT2D eigenvalue weighted by Crippen LogP contribution is -2.23. The zero-order valence-electron chi connectivity index (χ0n) is 16.3. The number of carbonyl (C=O) groups excluding carboxylic acids is 3. The van der Waals surface area contributed by atoms with Crippen molar-refractivity contribution in [2.24, 2.45) is 0 Å². The Bertz CT molecular complexity index is 1310. The number of ether oxygens (including phenoxy) is 2. The Morgan fingerprint density at radius 3 is 2.19 bits per heavy atom. The molecule has 3 aromatic carbocycles. The van der Waals surface area contributed by atoms with Gasteiger partial charge in [0.2, 0.25) is 15.9 Å². The van der Waals surface area contributed by atoms with Crippen LogP contribution in [0.25, 0.3) is 0 Å². The van der Waals surface area contributed by atoms with E-state index in [1.54, 1.807) is 36.4 Å². The van der Waals surface area contributed by atoms with Crippen molar-refractivity contribution in [2.75, 3.05) is 7.11 Å². The van der Waals surface area contributed by atoms with Crippen LogP contribution in [0.5, 0.6) is 0 Å². The first-order valence-corrected chi connectivity index (χ1v) is 10.7. The fourth-order valence-corrected chi connectivity index (χ4v) is 5.05. The second-order valence-electron chi connectivity index (χ2n) is 6.76. The molecule has 0 bridgehead atoms. The van der Waals surface area contributed by atoms with Crippen LogP contribution >= 0.6 is 0 Å². The largest absolute Gasteiger partial charge is 0.466 e. The highest BCUT2D eigenvalue weighted by Crippen LogP contribution is 2.35. The molecule has 0 N–H and O–H groups in total. The third kappa shape index (κ3) is 3.51. The van der Waals surface area contributed by atoms with Crippen molar-refractivity contribution < 1.29 is 32.3 Å². The molecule has 3 aromatic rings. The molecule has 7 nitrogen and oxygen atoms in total. The van der Waals surface area contributed by atoms with Crippen LogP contribution in [0.4, 0.5) is 0 Å². The van der Waals surface area contributed by atoms with Gasteiger partial charge >= 0.3 is 11.9 Å². The van der Waals surface area contributed by atoms with E-state index < -0.39 is 33.7 Å². The Kier molecular flexibility index (Phi) is 5.16. The molecule has 1 aliphatic rings. The monoisotopic (exact) mass is 436 g/mol. The zero-order chi connectivity index (χ0) is 22.2. The van der Waals surface area contributed by atoms with Crippen LogP contribution in [0.1, 0.15) is 37.9 Å². The van der Waals surface area contributed by atoms with Crippen LogP contribution < -0.4 is 0 Å². The smallest absolute Gasteiger partial charge is 0.351 e. The molecule has 0 amide bonds. The minimum atomic E-state index is -4.01. The Morgan fingerprint density at radius 1 is 0.839 bits per heavy atom. The lowest BCUT2D eigenvalue weighted by atomic mass is 10.0. The SMILES string of the molecule is COC(=O)C(OC(=O)c1ccc2c(c1)S(=O)(=O)c1ccccc1C2=O)c1ccccc1. The quantitative estimate of drug-likeness (QED) is 0.453. The number of carbonyl (C=O) groups is 3. The molecule has 1 heterocycles. The van der Waals surface area contributed by atoms with Crippen LogP contribution in [0.2, 0.25) is 0 Å². The van der Waals surface area contributed by atoms with Gasteiger partial charge in [0.1, 0.15) is 0 Å². The van der Waals surface area contributed by atoms with Crippen LogP contribution in [0.3, 0.4) is 0 Å². The van der Waals surface area contributed by atoms with Crippen LogP contribution in [-0.2, 0) is 24.1 Å². The van der Waals surface area contributed by atoms with Crippen molar-refractivity contribution in [3.8, 4) is 0 Å². The van der Waals surface area contributed by atoms with E-state index in [1.165, 1.54) is 37.4 Å². The van der Waals surface area contributed by atoms with Crippen molar-refractivity contribution in [1.82, 2.24) is 0 Å². The van der Waals surface area contributed by atoms with E-state index in [-0.39, 0.29) is 26.5 Å². The van der Waals surface area contributed by atoms with Gasteiger partial charge in [0, 0.05) is 16.7 Å². The van der Waals surface area contributed by atoms with E-state index in [0.29, 0.717) is 5.56 Å². The van der Waals surface area contributed by atoms with Crippen molar-refractivity contribution in [2.45, 2.75) is 15.9 Å². The number of hydrogen-bond donors (Lipinski definition) is 0. The van der Waals surface area contributed by atoms with Gasteiger partial charge in [-0.1, -0.05) is 42.5 Å². The third-order valence-electron chi connectivity index (χ3n) is 4.92. The van der Waals surface area contributed by atoms with Gasteiger partial charge in [-0.15, -0.1) is 0 Å². The van der Waals surface area contributed by atoms with E-state index in [0.717, 1.165) is 6.07 Å². The molecule has 31 heavy (non-hydrogen) atoms. The van der Waals surface area contributed by atoms with Gasteiger partial charge in [-0.25, -0.2) is 18.0 Å². The first-order valence-electron chi connectivity index (χ1n) is 9.21. The standard InChI is InChI=1S/C23H16O7S/c1-29-23(26)21(14-7-3-2-4-8-14)30-22(25)15-11-12-17-19(13-15)31(27,28)18-10-6-5-9-16(18)20(17)24/h2-13,21H,1H3. The Morgan fingerprint density at radius 2 is 1.48 bits per heavy atom. The Hall–Kier alpha value is -3.78. The minimum Gasteiger partial charge on any atom is -0.466 e. The fourth-order valence-electron chi connectivity index (χ4n) is 3.37. The third-order valence-corrected chi connectivity index (χ3v) is 6.77. The average Bonchev–Trinajstić information content (AvgIpc) is 2.81. The average molecular weight is 436 g/mol. The van der Waals surface area contributed by atoms with Gasteiger partial charge in [0.15, 0.2) is 5.78 Å². The molecular weight excluding hydrogens is 420 g/mol. The first-order chi connectivity index (χ1) is 14.8. The molecule has 0 saturated heterocycles. The summed E-state index contributed by atoms with van der Waals surface area (Å²) in [6.45, 7) is 0. The van der Waals surface area contributed by atoms with Crippen molar-refractivity contribution in [1.29, 1.82) is 0 Å². The van der Waals surface area contributed by atoms with Gasteiger partial charge in [-0.2, -0.15) is 0 Å². The number of sulfone groups is 1. The summed E-state index contributed by atoms with van der Waals surface area (Å²) in [7, 11) is -2.84. The number of rotatable bonds is 4. The fraction of sp³-hybridized carbons (Fsp3) is 0.0870. The van der Waals surface area contributed by atoms with Crippen LogP contribution in [0.15, 0.2) is 82.6 Å². The van der Waals surface area contributed by atoms with Crippen LogP contribution in [-0.4, -0.2) is 33.2 Å². The van der Waals surface area contributed by atoms with Crippen molar-refractivity contribution in [3.05, 3.63) is 95.1 Å². The Labute approximate surface area is 178 Å². The first kappa shape index (κ1) is 20.5. The molecule has 8 heteroatoms. The molecule has 0 spiro atoms. The van der Waals surface area contributed by atoms with E-state index in [9.17, 15) is 22.8 Å². The van der Waals surface area contributed by atoms with Crippen molar-refractivity contribution in [3.63, 3.8) is 0 Å². The number of fused-ring (bicyclic) bond motifs is 2. The van der Waals surface area contributed by atoms with Gasteiger partial charge in [0.25, 0.3) is 0 Å². The number of benzene rings is 3. The van der Waals surface area contributed by atoms with Gasteiger partial charge in [-0.05, 0) is 30.3 Å². The van der Waals surface area contributed by atoms with E-state index in [4.69, 9.17) is 9.47 Å². The van der Waals surface area contributed by atoms with E-state index >= 15 is 0 Å². The molecule has 0 aliphatic carbocycles. The summed E-state index contributed by atoms with van der Waals surface area (Å²) in [4.78, 5) is 37.3. The Balaban J connectivity index is 1.72. The number of hydrogen-bond acceptors (Lipinski definition) is 7. The molecule has 1 aliphatic heterocycles. The second-order valence-corrected chi connectivity index (χ2v) is 8.65. The molecule has 0 aromatic heterocycles. The van der Waals surface area contributed by atoms with E-state index in [2.05, 4.69) is 0 Å². The lowest BCUT2D eigenvalue weighted by Gasteiger charge is -2.20. The molecule has 4 rings (SSSR count). The van der Waals surface area contributed by atoms with Gasteiger partial charge < -0.3 is 9.47 Å². The molecule has 0 saturated carbocycles. The summed E-state index contributed by atoms with van der Waals surface area (Å²) < 4.78 is 36.1. The minimum absolute atomic E-state index is 0.0252. The van der Waals surface area contributed by atoms with Crippen LogP contribution in [0, 0.1) is 0 Å².